The first-order valence-corrected chi connectivity index (χ1v) is 8.10. The van der Waals surface area contributed by atoms with E-state index in [1.54, 1.807) is 12.1 Å². The molecule has 1 aromatic carbocycles. The highest BCUT2D eigenvalue weighted by atomic mass is 79.9. The Morgan fingerprint density at radius 2 is 2.10 bits per heavy atom. The Labute approximate surface area is 138 Å². The first-order chi connectivity index (χ1) is 9.94. The maximum Gasteiger partial charge on any atom is 0.252 e. The molecule has 0 bridgehead atoms. The van der Waals surface area contributed by atoms with Crippen molar-refractivity contribution in [1.29, 1.82) is 0 Å². The molecule has 1 aliphatic rings. The number of ether oxygens (including phenoxy) is 1. The van der Waals surface area contributed by atoms with Crippen LogP contribution in [0.25, 0.3) is 0 Å². The third kappa shape index (κ3) is 3.97. The Morgan fingerprint density at radius 1 is 1.43 bits per heavy atom. The summed E-state index contributed by atoms with van der Waals surface area (Å²) in [5.41, 5.74) is 0.443. The van der Waals surface area contributed by atoms with Gasteiger partial charge in [-0.05, 0) is 45.1 Å². The molecule has 0 saturated carbocycles. The van der Waals surface area contributed by atoms with Crippen LogP contribution in [0, 0.1) is 0 Å². The summed E-state index contributed by atoms with van der Waals surface area (Å²) in [5, 5.41) is 3.48. The van der Waals surface area contributed by atoms with Crippen molar-refractivity contribution >= 4 is 33.4 Å². The van der Waals surface area contributed by atoms with Crippen LogP contribution < -0.4 is 5.32 Å². The van der Waals surface area contributed by atoms with Crippen LogP contribution in [0.2, 0.25) is 5.02 Å². The Hall–Kier alpha value is -0.620. The van der Waals surface area contributed by atoms with E-state index in [0.29, 0.717) is 17.1 Å². The van der Waals surface area contributed by atoms with Crippen molar-refractivity contribution in [3.05, 3.63) is 33.3 Å². The summed E-state index contributed by atoms with van der Waals surface area (Å²) < 4.78 is 6.27. The van der Waals surface area contributed by atoms with Gasteiger partial charge in [0.25, 0.3) is 5.91 Å². The van der Waals surface area contributed by atoms with Crippen molar-refractivity contribution in [1.82, 2.24) is 10.2 Å². The lowest BCUT2D eigenvalue weighted by Gasteiger charge is -2.42. The van der Waals surface area contributed by atoms with Gasteiger partial charge in [0.2, 0.25) is 0 Å². The Kier molecular flexibility index (Phi) is 5.66. The molecule has 4 nitrogen and oxygen atoms in total. The molecule has 21 heavy (non-hydrogen) atoms. The summed E-state index contributed by atoms with van der Waals surface area (Å²) in [4.78, 5) is 14.5. The number of nitrogens with zero attached hydrogens (tertiary/aromatic N) is 1. The standard InChI is InChI=1S/C15H20BrClN2O2/c1-19(2)15(5-7-21-8-6-15)10-18-14(20)12-9-11(16)3-4-13(12)17/h3-4,9H,5-8,10H2,1-2H3,(H,18,20). The second-order valence-electron chi connectivity index (χ2n) is 5.54. The van der Waals surface area contributed by atoms with Gasteiger partial charge in [0.05, 0.1) is 10.6 Å². The van der Waals surface area contributed by atoms with Gasteiger partial charge in [-0.1, -0.05) is 27.5 Å². The van der Waals surface area contributed by atoms with Gasteiger partial charge in [-0.2, -0.15) is 0 Å². The van der Waals surface area contributed by atoms with Crippen LogP contribution in [-0.2, 0) is 4.74 Å². The Bertz CT molecular complexity index is 516. The van der Waals surface area contributed by atoms with Crippen molar-refractivity contribution in [3.63, 3.8) is 0 Å². The number of nitrogens with one attached hydrogen (secondary N) is 1. The van der Waals surface area contributed by atoms with E-state index in [2.05, 4.69) is 26.1 Å². The Morgan fingerprint density at radius 3 is 2.71 bits per heavy atom. The molecule has 1 amide bonds. The van der Waals surface area contributed by atoms with Gasteiger partial charge in [-0.25, -0.2) is 0 Å². The minimum atomic E-state index is -0.144. The summed E-state index contributed by atoms with van der Waals surface area (Å²) in [7, 11) is 4.09. The lowest BCUT2D eigenvalue weighted by Crippen LogP contribution is -2.55. The number of amides is 1. The minimum absolute atomic E-state index is 0.0492. The van der Waals surface area contributed by atoms with Gasteiger partial charge < -0.3 is 15.0 Å². The van der Waals surface area contributed by atoms with Crippen LogP contribution in [-0.4, -0.2) is 50.2 Å². The molecule has 1 fully saturated rings. The maximum absolute atomic E-state index is 12.4. The van der Waals surface area contributed by atoms with E-state index in [9.17, 15) is 4.79 Å². The summed E-state index contributed by atoms with van der Waals surface area (Å²) >= 11 is 9.46. The molecule has 1 heterocycles. The molecule has 0 unspecified atom stereocenters. The van der Waals surface area contributed by atoms with E-state index in [0.717, 1.165) is 30.5 Å². The van der Waals surface area contributed by atoms with Crippen molar-refractivity contribution in [2.75, 3.05) is 33.9 Å². The van der Waals surface area contributed by atoms with Crippen LogP contribution in [0.5, 0.6) is 0 Å². The van der Waals surface area contributed by atoms with Gasteiger partial charge in [0.15, 0.2) is 0 Å². The number of benzene rings is 1. The zero-order valence-electron chi connectivity index (χ0n) is 12.3. The molecule has 0 spiro atoms. The van der Waals surface area contributed by atoms with Gasteiger partial charge >= 0.3 is 0 Å². The van der Waals surface area contributed by atoms with E-state index in [1.165, 1.54) is 0 Å². The first kappa shape index (κ1) is 16.7. The monoisotopic (exact) mass is 374 g/mol. The molecule has 0 atom stereocenters. The molecular weight excluding hydrogens is 356 g/mol. The third-order valence-electron chi connectivity index (χ3n) is 4.12. The number of hydrogen-bond donors (Lipinski definition) is 1. The number of hydrogen-bond acceptors (Lipinski definition) is 3. The number of carbonyl (C=O) groups is 1. The summed E-state index contributed by atoms with van der Waals surface area (Å²) in [5.74, 6) is -0.144. The SMILES string of the molecule is CN(C)C1(CNC(=O)c2cc(Br)ccc2Cl)CCOCC1. The average molecular weight is 376 g/mol. The predicted molar refractivity (Wildman–Crippen MR) is 88.0 cm³/mol. The van der Waals surface area contributed by atoms with E-state index in [-0.39, 0.29) is 11.4 Å². The van der Waals surface area contributed by atoms with Gasteiger partial charge in [0, 0.05) is 29.8 Å². The Balaban J connectivity index is 2.07. The van der Waals surface area contributed by atoms with Crippen molar-refractivity contribution in [2.24, 2.45) is 0 Å². The van der Waals surface area contributed by atoms with E-state index < -0.39 is 0 Å². The van der Waals surface area contributed by atoms with Crippen LogP contribution in [0.4, 0.5) is 0 Å². The average Bonchev–Trinajstić information content (AvgIpc) is 2.48. The smallest absolute Gasteiger partial charge is 0.252 e. The quantitative estimate of drug-likeness (QED) is 0.880. The molecule has 6 heteroatoms. The van der Waals surface area contributed by atoms with Crippen LogP contribution in [0.3, 0.4) is 0 Å². The fourth-order valence-corrected chi connectivity index (χ4v) is 3.11. The minimum Gasteiger partial charge on any atom is -0.381 e. The fourth-order valence-electron chi connectivity index (χ4n) is 2.55. The third-order valence-corrected chi connectivity index (χ3v) is 4.95. The number of likely N-dealkylation sites (N-methyl/N-ethyl adjacent to an activating group) is 1. The first-order valence-electron chi connectivity index (χ1n) is 6.93. The summed E-state index contributed by atoms with van der Waals surface area (Å²) in [6, 6.07) is 5.28. The van der Waals surface area contributed by atoms with Crippen LogP contribution in [0.15, 0.2) is 22.7 Å². The van der Waals surface area contributed by atoms with Gasteiger partial charge in [-0.3, -0.25) is 4.79 Å². The van der Waals surface area contributed by atoms with Gasteiger partial charge in [-0.15, -0.1) is 0 Å². The highest BCUT2D eigenvalue weighted by Gasteiger charge is 2.35. The number of carbonyl (C=O) groups excluding carboxylic acids is 1. The lowest BCUT2D eigenvalue weighted by molar-refractivity contribution is -0.00657. The van der Waals surface area contributed by atoms with Crippen molar-refractivity contribution in [3.8, 4) is 0 Å². The largest absolute Gasteiger partial charge is 0.381 e. The molecule has 1 saturated heterocycles. The molecule has 116 valence electrons. The van der Waals surface area contributed by atoms with Crippen LogP contribution in [0.1, 0.15) is 23.2 Å². The molecule has 1 N–H and O–H groups in total. The molecule has 0 aliphatic carbocycles. The van der Waals surface area contributed by atoms with E-state index in [1.807, 2.05) is 20.2 Å². The number of halogens is 2. The number of rotatable bonds is 4. The molecule has 0 radical (unpaired) electrons. The second kappa shape index (κ2) is 7.09. The van der Waals surface area contributed by atoms with E-state index in [4.69, 9.17) is 16.3 Å². The topological polar surface area (TPSA) is 41.6 Å². The molecular formula is C15H20BrClN2O2. The zero-order valence-corrected chi connectivity index (χ0v) is 14.6. The molecule has 0 aromatic heterocycles. The highest BCUT2D eigenvalue weighted by Crippen LogP contribution is 2.26. The van der Waals surface area contributed by atoms with Crippen molar-refractivity contribution < 1.29 is 9.53 Å². The van der Waals surface area contributed by atoms with Crippen LogP contribution >= 0.6 is 27.5 Å². The molecule has 2 rings (SSSR count). The fraction of sp³-hybridized carbons (Fsp3) is 0.533. The lowest BCUT2D eigenvalue weighted by atomic mass is 9.88. The highest BCUT2D eigenvalue weighted by molar-refractivity contribution is 9.10. The molecule has 1 aromatic rings. The summed E-state index contributed by atoms with van der Waals surface area (Å²) in [6.07, 6.45) is 1.82. The zero-order chi connectivity index (χ0) is 15.5. The summed E-state index contributed by atoms with van der Waals surface area (Å²) in [6.45, 7) is 2.04. The predicted octanol–water partition coefficient (Wildman–Crippen LogP) is 2.94. The van der Waals surface area contributed by atoms with Gasteiger partial charge in [0.1, 0.15) is 0 Å². The van der Waals surface area contributed by atoms with Crippen molar-refractivity contribution in [2.45, 2.75) is 18.4 Å². The second-order valence-corrected chi connectivity index (χ2v) is 6.86. The normalized spacial score (nSPS) is 17.8. The van der Waals surface area contributed by atoms with E-state index >= 15 is 0 Å². The molecule has 1 aliphatic heterocycles. The maximum atomic E-state index is 12.4.